The largest absolute Gasteiger partial charge is 0.485 e. The number of ether oxygens (including phenoxy) is 1. The van der Waals surface area contributed by atoms with E-state index in [-0.39, 0.29) is 0 Å². The minimum Gasteiger partial charge on any atom is -0.485 e. The molecule has 100 valence electrons. The van der Waals surface area contributed by atoms with E-state index in [2.05, 4.69) is 23.4 Å². The Kier molecular flexibility index (Phi) is 3.50. The van der Waals surface area contributed by atoms with Crippen LogP contribution in [0.25, 0.3) is 11.1 Å². The topological polar surface area (TPSA) is 35.3 Å². The second-order valence-electron chi connectivity index (χ2n) is 4.59. The average molecular weight is 265 g/mol. The van der Waals surface area contributed by atoms with Crippen molar-refractivity contribution in [1.82, 2.24) is 5.16 Å². The Balaban J connectivity index is 1.83. The number of nitrogens with zero attached hydrogens (tertiary/aromatic N) is 1. The lowest BCUT2D eigenvalue weighted by molar-refractivity contribution is 0.249. The molecule has 3 nitrogen and oxygen atoms in total. The van der Waals surface area contributed by atoms with Crippen molar-refractivity contribution >= 4 is 0 Å². The normalized spacial score (nSPS) is 10.4. The summed E-state index contributed by atoms with van der Waals surface area (Å²) in [5, 5.41) is 3.85. The number of aryl methyl sites for hydroxylation is 1. The molecule has 1 aromatic heterocycles. The maximum atomic E-state index is 5.86. The van der Waals surface area contributed by atoms with Gasteiger partial charge in [-0.1, -0.05) is 53.7 Å². The SMILES string of the molecule is Cc1cc(COc2ccccc2-c2ccccc2)on1. The maximum absolute atomic E-state index is 5.86. The number of rotatable bonds is 4. The predicted molar refractivity (Wildman–Crippen MR) is 77.5 cm³/mol. The second kappa shape index (κ2) is 5.61. The number of aromatic nitrogens is 1. The van der Waals surface area contributed by atoms with Crippen LogP contribution in [-0.4, -0.2) is 5.16 Å². The van der Waals surface area contributed by atoms with Crippen LogP contribution in [0.15, 0.2) is 65.2 Å². The first-order valence-electron chi connectivity index (χ1n) is 6.52. The van der Waals surface area contributed by atoms with E-state index in [9.17, 15) is 0 Å². The zero-order valence-electron chi connectivity index (χ0n) is 11.2. The first kappa shape index (κ1) is 12.5. The molecule has 0 unspecified atom stereocenters. The summed E-state index contributed by atoms with van der Waals surface area (Å²) >= 11 is 0. The lowest BCUT2D eigenvalue weighted by Gasteiger charge is -2.10. The van der Waals surface area contributed by atoms with E-state index >= 15 is 0 Å². The molecule has 0 amide bonds. The summed E-state index contributed by atoms with van der Waals surface area (Å²) in [5.41, 5.74) is 3.07. The van der Waals surface area contributed by atoms with E-state index in [1.54, 1.807) is 0 Å². The van der Waals surface area contributed by atoms with Crippen LogP contribution in [0.5, 0.6) is 5.75 Å². The highest BCUT2D eigenvalue weighted by molar-refractivity contribution is 5.70. The summed E-state index contributed by atoms with van der Waals surface area (Å²) in [5.74, 6) is 1.57. The van der Waals surface area contributed by atoms with Crippen LogP contribution in [0.1, 0.15) is 11.5 Å². The minimum absolute atomic E-state index is 0.380. The average Bonchev–Trinajstić information content (AvgIpc) is 2.92. The Hall–Kier alpha value is -2.55. The molecule has 0 saturated heterocycles. The summed E-state index contributed by atoms with van der Waals surface area (Å²) in [6, 6.07) is 20.1. The molecule has 0 aliphatic heterocycles. The Morgan fingerprint density at radius 1 is 1.00 bits per heavy atom. The molecule has 0 atom stereocenters. The zero-order valence-corrected chi connectivity index (χ0v) is 11.2. The molecule has 3 aromatic rings. The van der Waals surface area contributed by atoms with Gasteiger partial charge in [-0.3, -0.25) is 0 Å². The summed E-state index contributed by atoms with van der Waals surface area (Å²) in [6.07, 6.45) is 0. The van der Waals surface area contributed by atoms with Crippen LogP contribution in [0.3, 0.4) is 0 Å². The first-order valence-corrected chi connectivity index (χ1v) is 6.52. The quantitative estimate of drug-likeness (QED) is 0.708. The third kappa shape index (κ3) is 2.72. The van der Waals surface area contributed by atoms with Gasteiger partial charge in [-0.25, -0.2) is 0 Å². The monoisotopic (exact) mass is 265 g/mol. The standard InChI is InChI=1S/C17H15NO2/c1-13-11-15(20-18-13)12-19-17-10-6-5-9-16(17)14-7-3-2-4-8-14/h2-11H,12H2,1H3. The smallest absolute Gasteiger partial charge is 0.174 e. The lowest BCUT2D eigenvalue weighted by Crippen LogP contribution is -1.95. The molecule has 0 N–H and O–H groups in total. The van der Waals surface area contributed by atoms with Crippen molar-refractivity contribution in [2.45, 2.75) is 13.5 Å². The molecule has 0 aliphatic rings. The molecule has 0 spiro atoms. The first-order chi connectivity index (χ1) is 9.83. The molecule has 0 radical (unpaired) electrons. The molecule has 0 saturated carbocycles. The molecule has 1 heterocycles. The second-order valence-corrected chi connectivity index (χ2v) is 4.59. The molecule has 0 fully saturated rings. The van der Waals surface area contributed by atoms with Gasteiger partial charge in [0.2, 0.25) is 0 Å². The van der Waals surface area contributed by atoms with Crippen molar-refractivity contribution in [3.63, 3.8) is 0 Å². The number of hydrogen-bond acceptors (Lipinski definition) is 3. The van der Waals surface area contributed by atoms with Crippen LogP contribution in [-0.2, 0) is 6.61 Å². The summed E-state index contributed by atoms with van der Waals surface area (Å²) in [7, 11) is 0. The van der Waals surface area contributed by atoms with E-state index in [1.165, 1.54) is 0 Å². The Morgan fingerprint density at radius 2 is 1.75 bits per heavy atom. The van der Waals surface area contributed by atoms with Gasteiger partial charge in [0, 0.05) is 11.6 Å². The Bertz CT molecular complexity index is 689. The Labute approximate surface area is 117 Å². The van der Waals surface area contributed by atoms with E-state index in [0.29, 0.717) is 6.61 Å². The zero-order chi connectivity index (χ0) is 13.8. The van der Waals surface area contributed by atoms with Gasteiger partial charge in [0.15, 0.2) is 5.76 Å². The lowest BCUT2D eigenvalue weighted by atomic mass is 10.1. The number of hydrogen-bond donors (Lipinski definition) is 0. The molecule has 0 aliphatic carbocycles. The Morgan fingerprint density at radius 3 is 2.50 bits per heavy atom. The summed E-state index contributed by atoms with van der Waals surface area (Å²) in [4.78, 5) is 0. The van der Waals surface area contributed by atoms with Crippen molar-refractivity contribution in [3.8, 4) is 16.9 Å². The predicted octanol–water partition coefficient (Wildman–Crippen LogP) is 4.23. The van der Waals surface area contributed by atoms with Gasteiger partial charge in [-0.15, -0.1) is 0 Å². The van der Waals surface area contributed by atoms with Crippen molar-refractivity contribution in [3.05, 3.63) is 72.1 Å². The van der Waals surface area contributed by atoms with E-state index in [0.717, 1.165) is 28.3 Å². The third-order valence-electron chi connectivity index (χ3n) is 3.02. The molecular formula is C17H15NO2. The van der Waals surface area contributed by atoms with E-state index in [4.69, 9.17) is 9.26 Å². The molecule has 20 heavy (non-hydrogen) atoms. The van der Waals surface area contributed by atoms with Crippen LogP contribution in [0.2, 0.25) is 0 Å². The highest BCUT2D eigenvalue weighted by Crippen LogP contribution is 2.30. The molecule has 0 bridgehead atoms. The molecule has 2 aromatic carbocycles. The van der Waals surface area contributed by atoms with Crippen LogP contribution < -0.4 is 4.74 Å². The summed E-state index contributed by atoms with van der Waals surface area (Å²) < 4.78 is 11.0. The van der Waals surface area contributed by atoms with Gasteiger partial charge in [-0.05, 0) is 18.6 Å². The number of benzene rings is 2. The fourth-order valence-electron chi connectivity index (χ4n) is 2.08. The van der Waals surface area contributed by atoms with Gasteiger partial charge >= 0.3 is 0 Å². The maximum Gasteiger partial charge on any atom is 0.174 e. The minimum atomic E-state index is 0.380. The van der Waals surface area contributed by atoms with Crippen LogP contribution in [0, 0.1) is 6.92 Å². The molecule has 3 heteroatoms. The number of para-hydroxylation sites is 1. The van der Waals surface area contributed by atoms with Gasteiger partial charge in [0.25, 0.3) is 0 Å². The van der Waals surface area contributed by atoms with Gasteiger partial charge in [0.05, 0.1) is 5.69 Å². The summed E-state index contributed by atoms with van der Waals surface area (Å²) in [6.45, 7) is 2.27. The molecule has 3 rings (SSSR count). The van der Waals surface area contributed by atoms with Crippen molar-refractivity contribution < 1.29 is 9.26 Å². The third-order valence-corrected chi connectivity index (χ3v) is 3.02. The highest BCUT2D eigenvalue weighted by atomic mass is 16.5. The van der Waals surface area contributed by atoms with E-state index in [1.807, 2.05) is 49.4 Å². The van der Waals surface area contributed by atoms with Crippen molar-refractivity contribution in [2.24, 2.45) is 0 Å². The van der Waals surface area contributed by atoms with Gasteiger partial charge in [-0.2, -0.15) is 0 Å². The van der Waals surface area contributed by atoms with Crippen LogP contribution >= 0.6 is 0 Å². The fourth-order valence-corrected chi connectivity index (χ4v) is 2.08. The van der Waals surface area contributed by atoms with Crippen molar-refractivity contribution in [2.75, 3.05) is 0 Å². The van der Waals surface area contributed by atoms with Crippen LogP contribution in [0.4, 0.5) is 0 Å². The van der Waals surface area contributed by atoms with Gasteiger partial charge < -0.3 is 9.26 Å². The highest BCUT2D eigenvalue weighted by Gasteiger charge is 2.07. The molecular weight excluding hydrogens is 250 g/mol. The van der Waals surface area contributed by atoms with Gasteiger partial charge in [0.1, 0.15) is 12.4 Å². The van der Waals surface area contributed by atoms with E-state index < -0.39 is 0 Å². The fraction of sp³-hybridized carbons (Fsp3) is 0.118. The van der Waals surface area contributed by atoms with Crippen molar-refractivity contribution in [1.29, 1.82) is 0 Å².